The van der Waals surface area contributed by atoms with E-state index in [1.54, 1.807) is 0 Å². The van der Waals surface area contributed by atoms with Crippen LogP contribution in [0.25, 0.3) is 0 Å². The minimum Gasteiger partial charge on any atom is -0.492 e. The Morgan fingerprint density at radius 1 is 1.26 bits per heavy atom. The average Bonchev–Trinajstić information content (AvgIpc) is 3.02. The van der Waals surface area contributed by atoms with Crippen molar-refractivity contribution in [1.82, 2.24) is 15.5 Å². The molecule has 0 radical (unpaired) electrons. The molecule has 1 aromatic carbocycles. The van der Waals surface area contributed by atoms with Crippen molar-refractivity contribution in [3.05, 3.63) is 30.3 Å². The van der Waals surface area contributed by atoms with Gasteiger partial charge in [-0.3, -0.25) is 9.89 Å². The van der Waals surface area contributed by atoms with Crippen LogP contribution >= 0.6 is 24.0 Å². The minimum atomic E-state index is -4.13. The first-order valence-electron chi connectivity index (χ1n) is 8.95. The summed E-state index contributed by atoms with van der Waals surface area (Å²) in [5.41, 5.74) is 0. The fourth-order valence-electron chi connectivity index (χ4n) is 2.88. The molecule has 2 N–H and O–H groups in total. The monoisotopic (exact) mass is 500 g/mol. The zero-order valence-corrected chi connectivity index (χ0v) is 17.8. The quantitative estimate of drug-likeness (QED) is 0.249. The number of hydrogen-bond acceptors (Lipinski definition) is 3. The van der Waals surface area contributed by atoms with Crippen molar-refractivity contribution in [2.24, 2.45) is 10.9 Å². The third-order valence-corrected chi connectivity index (χ3v) is 4.03. The number of nitrogens with zero attached hydrogens (tertiary/aromatic N) is 2. The number of likely N-dealkylation sites (tertiary alicyclic amines) is 1. The number of guanidine groups is 1. The van der Waals surface area contributed by atoms with E-state index in [2.05, 4.69) is 15.6 Å². The third kappa shape index (κ3) is 10.0. The molecule has 27 heavy (non-hydrogen) atoms. The van der Waals surface area contributed by atoms with E-state index in [4.69, 9.17) is 4.74 Å². The normalized spacial score (nSPS) is 18.1. The number of benzene rings is 1. The largest absolute Gasteiger partial charge is 0.492 e. The van der Waals surface area contributed by atoms with Crippen molar-refractivity contribution >= 4 is 29.9 Å². The molecule has 154 valence electrons. The summed E-state index contributed by atoms with van der Waals surface area (Å²) in [5, 5.41) is 6.33. The van der Waals surface area contributed by atoms with Crippen molar-refractivity contribution < 1.29 is 17.9 Å². The molecule has 0 spiro atoms. The highest BCUT2D eigenvalue weighted by Crippen LogP contribution is 2.22. The molecule has 0 bridgehead atoms. The Kier molecular flexibility index (Phi) is 10.8. The average molecular weight is 500 g/mol. The molecule has 1 heterocycles. The second kappa shape index (κ2) is 12.3. The van der Waals surface area contributed by atoms with E-state index in [0.29, 0.717) is 38.7 Å². The standard InChI is InChI=1S/C18H27F3N4O.HI/c1-2-22-17(23-9-11-26-16-6-4-3-5-7-16)24-12-15-8-10-25(13-15)14-18(19,20)21;/h3-7,15H,2,8-14H2,1H3,(H2,22,23,24);1H. The lowest BCUT2D eigenvalue weighted by atomic mass is 10.1. The van der Waals surface area contributed by atoms with Gasteiger partial charge in [-0.05, 0) is 37.9 Å². The summed E-state index contributed by atoms with van der Waals surface area (Å²) in [6.45, 7) is 4.39. The molecule has 1 unspecified atom stereocenters. The molecular formula is C18H28F3IN4O. The number of rotatable bonds is 8. The van der Waals surface area contributed by atoms with Crippen LogP contribution in [0, 0.1) is 5.92 Å². The summed E-state index contributed by atoms with van der Waals surface area (Å²) in [7, 11) is 0. The SMILES string of the molecule is CCNC(=NCC1CCN(CC(F)(F)F)C1)NCCOc1ccccc1.I. The number of halogens is 4. The first kappa shape index (κ1) is 23.8. The van der Waals surface area contributed by atoms with E-state index in [1.165, 1.54) is 4.90 Å². The van der Waals surface area contributed by atoms with Gasteiger partial charge in [0.15, 0.2) is 5.96 Å². The molecule has 1 aromatic rings. The molecule has 0 amide bonds. The summed E-state index contributed by atoms with van der Waals surface area (Å²) >= 11 is 0. The maximum Gasteiger partial charge on any atom is 0.401 e. The Morgan fingerprint density at radius 2 is 2.00 bits per heavy atom. The van der Waals surface area contributed by atoms with Gasteiger partial charge in [0.2, 0.25) is 0 Å². The van der Waals surface area contributed by atoms with E-state index in [9.17, 15) is 13.2 Å². The summed E-state index contributed by atoms with van der Waals surface area (Å²) < 4.78 is 42.9. The zero-order chi connectivity index (χ0) is 18.8. The van der Waals surface area contributed by atoms with Crippen LogP contribution in [0.1, 0.15) is 13.3 Å². The lowest BCUT2D eigenvalue weighted by Crippen LogP contribution is -2.39. The molecule has 1 aliphatic rings. The molecule has 9 heteroatoms. The van der Waals surface area contributed by atoms with Crippen LogP contribution in [0.15, 0.2) is 35.3 Å². The predicted molar refractivity (Wildman–Crippen MR) is 112 cm³/mol. The first-order valence-corrected chi connectivity index (χ1v) is 8.95. The van der Waals surface area contributed by atoms with Gasteiger partial charge in [0.1, 0.15) is 12.4 Å². The minimum absolute atomic E-state index is 0. The lowest BCUT2D eigenvalue weighted by Gasteiger charge is -2.17. The zero-order valence-electron chi connectivity index (χ0n) is 15.5. The van der Waals surface area contributed by atoms with E-state index in [0.717, 1.165) is 18.7 Å². The summed E-state index contributed by atoms with van der Waals surface area (Å²) in [4.78, 5) is 5.95. The Bertz CT molecular complexity index is 557. The van der Waals surface area contributed by atoms with Crippen LogP contribution in [-0.2, 0) is 0 Å². The van der Waals surface area contributed by atoms with E-state index in [-0.39, 0.29) is 29.9 Å². The van der Waals surface area contributed by atoms with Crippen LogP contribution in [-0.4, -0.2) is 62.9 Å². The molecule has 1 atom stereocenters. The second-order valence-corrected chi connectivity index (χ2v) is 6.31. The highest BCUT2D eigenvalue weighted by Gasteiger charge is 2.34. The van der Waals surface area contributed by atoms with Gasteiger partial charge in [-0.25, -0.2) is 0 Å². The lowest BCUT2D eigenvalue weighted by molar-refractivity contribution is -0.143. The Balaban J connectivity index is 0.00000364. The molecule has 0 saturated carbocycles. The summed E-state index contributed by atoms with van der Waals surface area (Å²) in [6.07, 6.45) is -3.39. The van der Waals surface area contributed by atoms with Crippen molar-refractivity contribution in [3.63, 3.8) is 0 Å². The highest BCUT2D eigenvalue weighted by molar-refractivity contribution is 14.0. The van der Waals surface area contributed by atoms with E-state index in [1.807, 2.05) is 37.3 Å². The van der Waals surface area contributed by atoms with Gasteiger partial charge < -0.3 is 15.4 Å². The predicted octanol–water partition coefficient (Wildman–Crippen LogP) is 3.12. The second-order valence-electron chi connectivity index (χ2n) is 6.31. The van der Waals surface area contributed by atoms with Crippen molar-refractivity contribution in [2.45, 2.75) is 19.5 Å². The molecule has 0 aliphatic carbocycles. The Morgan fingerprint density at radius 3 is 2.67 bits per heavy atom. The maximum atomic E-state index is 12.4. The van der Waals surface area contributed by atoms with Gasteiger partial charge in [-0.1, -0.05) is 18.2 Å². The number of alkyl halides is 3. The van der Waals surface area contributed by atoms with Crippen LogP contribution in [0.3, 0.4) is 0 Å². The number of ether oxygens (including phenoxy) is 1. The first-order chi connectivity index (χ1) is 12.5. The summed E-state index contributed by atoms with van der Waals surface area (Å²) in [5.74, 6) is 1.64. The molecular weight excluding hydrogens is 472 g/mol. The van der Waals surface area contributed by atoms with Gasteiger partial charge in [0.25, 0.3) is 0 Å². The van der Waals surface area contributed by atoms with Crippen LogP contribution in [0.5, 0.6) is 5.75 Å². The van der Waals surface area contributed by atoms with E-state index >= 15 is 0 Å². The van der Waals surface area contributed by atoms with Crippen LogP contribution < -0.4 is 15.4 Å². The number of nitrogens with one attached hydrogen (secondary N) is 2. The highest BCUT2D eigenvalue weighted by atomic mass is 127. The van der Waals surface area contributed by atoms with Gasteiger partial charge in [-0.2, -0.15) is 13.2 Å². The molecule has 1 fully saturated rings. The number of hydrogen-bond donors (Lipinski definition) is 2. The molecule has 1 aliphatic heterocycles. The Hall–Kier alpha value is -1.23. The fraction of sp³-hybridized carbons (Fsp3) is 0.611. The van der Waals surface area contributed by atoms with E-state index < -0.39 is 12.7 Å². The fourth-order valence-corrected chi connectivity index (χ4v) is 2.88. The Labute approximate surface area is 175 Å². The van der Waals surface area contributed by atoms with Gasteiger partial charge in [0.05, 0.1) is 13.1 Å². The molecule has 0 aromatic heterocycles. The molecule has 2 rings (SSSR count). The van der Waals surface area contributed by atoms with Crippen LogP contribution in [0.2, 0.25) is 0 Å². The molecule has 1 saturated heterocycles. The van der Waals surface area contributed by atoms with Crippen molar-refractivity contribution in [2.75, 3.05) is 45.9 Å². The van der Waals surface area contributed by atoms with Gasteiger partial charge >= 0.3 is 6.18 Å². The number of aliphatic imine (C=N–C) groups is 1. The van der Waals surface area contributed by atoms with Gasteiger partial charge in [0, 0.05) is 19.6 Å². The van der Waals surface area contributed by atoms with Crippen LogP contribution in [0.4, 0.5) is 13.2 Å². The number of para-hydroxylation sites is 1. The summed E-state index contributed by atoms with van der Waals surface area (Å²) in [6, 6.07) is 9.55. The third-order valence-electron chi connectivity index (χ3n) is 4.03. The van der Waals surface area contributed by atoms with Crippen molar-refractivity contribution in [1.29, 1.82) is 0 Å². The van der Waals surface area contributed by atoms with Crippen molar-refractivity contribution in [3.8, 4) is 5.75 Å². The smallest absolute Gasteiger partial charge is 0.401 e. The maximum absolute atomic E-state index is 12.4. The van der Waals surface area contributed by atoms with Gasteiger partial charge in [-0.15, -0.1) is 24.0 Å². The molecule has 5 nitrogen and oxygen atoms in total. The topological polar surface area (TPSA) is 48.9 Å².